The summed E-state index contributed by atoms with van der Waals surface area (Å²) in [5, 5.41) is 3.01. The Kier molecular flexibility index (Phi) is 2.41. The molecule has 0 saturated heterocycles. The second kappa shape index (κ2) is 3.51. The van der Waals surface area contributed by atoms with Crippen LogP contribution < -0.4 is 11.1 Å². The van der Waals surface area contributed by atoms with Gasteiger partial charge in [-0.05, 0) is 30.9 Å². The van der Waals surface area contributed by atoms with Crippen LogP contribution in [-0.4, -0.2) is 11.9 Å². The van der Waals surface area contributed by atoms with Gasteiger partial charge in [-0.2, -0.15) is 0 Å². The molecule has 1 aliphatic carbocycles. The molecule has 0 radical (unpaired) electrons. The number of carbonyl (C=O) groups excluding carboxylic acids is 1. The van der Waals surface area contributed by atoms with Gasteiger partial charge in [0.1, 0.15) is 0 Å². The smallest absolute Gasteiger partial charge is 0.253 e. The molecule has 0 spiro atoms. The van der Waals surface area contributed by atoms with Crippen LogP contribution in [0.2, 0.25) is 0 Å². The Morgan fingerprint density at radius 1 is 1.50 bits per heavy atom. The van der Waals surface area contributed by atoms with Gasteiger partial charge in [0.15, 0.2) is 0 Å². The maximum atomic E-state index is 12.0. The number of carbonyl (C=O) groups is 1. The number of nitrogens with one attached hydrogen (secondary N) is 1. The largest absolute Gasteiger partial charge is 0.398 e. The highest BCUT2D eigenvalue weighted by Crippen LogP contribution is 2.44. The van der Waals surface area contributed by atoms with Crippen molar-refractivity contribution < 1.29 is 4.79 Å². The van der Waals surface area contributed by atoms with E-state index in [4.69, 9.17) is 5.73 Å². The van der Waals surface area contributed by atoms with Gasteiger partial charge in [-0.3, -0.25) is 4.79 Å². The molecule has 3 nitrogen and oxygen atoms in total. The summed E-state index contributed by atoms with van der Waals surface area (Å²) in [7, 11) is 0. The monoisotopic (exact) mass is 218 g/mol. The zero-order valence-corrected chi connectivity index (χ0v) is 10.0. The maximum Gasteiger partial charge on any atom is 0.253 e. The Morgan fingerprint density at radius 3 is 2.69 bits per heavy atom. The number of nitrogens with two attached hydrogens (primary N) is 1. The van der Waals surface area contributed by atoms with Gasteiger partial charge in [0.25, 0.3) is 5.91 Å². The molecular weight excluding hydrogens is 200 g/mol. The van der Waals surface area contributed by atoms with Crippen LogP contribution in [0.25, 0.3) is 0 Å². The number of anilines is 1. The Bertz CT molecular complexity index is 438. The molecule has 86 valence electrons. The zero-order chi connectivity index (χ0) is 11.9. The van der Waals surface area contributed by atoms with Crippen LogP contribution in [0.5, 0.6) is 0 Å². The second-order valence-electron chi connectivity index (χ2n) is 5.31. The highest BCUT2D eigenvalue weighted by atomic mass is 16.1. The van der Waals surface area contributed by atoms with Crippen molar-refractivity contribution in [3.05, 3.63) is 29.3 Å². The van der Waals surface area contributed by atoms with E-state index in [0.29, 0.717) is 17.3 Å². The Labute approximate surface area is 96.0 Å². The fraction of sp³-hybridized carbons (Fsp3) is 0.462. The lowest BCUT2D eigenvalue weighted by Gasteiger charge is -2.09. The minimum atomic E-state index is -0.0585. The molecule has 1 atom stereocenters. The summed E-state index contributed by atoms with van der Waals surface area (Å²) in [5.41, 5.74) is 8.22. The van der Waals surface area contributed by atoms with Crippen LogP contribution in [-0.2, 0) is 0 Å². The summed E-state index contributed by atoms with van der Waals surface area (Å²) < 4.78 is 0. The maximum absolute atomic E-state index is 12.0. The van der Waals surface area contributed by atoms with Gasteiger partial charge >= 0.3 is 0 Å². The van der Waals surface area contributed by atoms with Crippen LogP contribution in [0.3, 0.4) is 0 Å². The number of hydrogen-bond acceptors (Lipinski definition) is 2. The molecule has 16 heavy (non-hydrogen) atoms. The summed E-state index contributed by atoms with van der Waals surface area (Å²) in [6, 6.07) is 5.81. The van der Waals surface area contributed by atoms with E-state index in [1.54, 1.807) is 6.07 Å². The van der Waals surface area contributed by atoms with Crippen molar-refractivity contribution in [2.24, 2.45) is 5.41 Å². The summed E-state index contributed by atoms with van der Waals surface area (Å²) in [4.78, 5) is 12.0. The van der Waals surface area contributed by atoms with E-state index in [-0.39, 0.29) is 11.3 Å². The Hall–Kier alpha value is -1.51. The van der Waals surface area contributed by atoms with Gasteiger partial charge < -0.3 is 11.1 Å². The van der Waals surface area contributed by atoms with E-state index in [1.807, 2.05) is 19.1 Å². The van der Waals surface area contributed by atoms with E-state index in [1.165, 1.54) is 0 Å². The number of rotatable bonds is 2. The van der Waals surface area contributed by atoms with Crippen LogP contribution in [0.15, 0.2) is 18.2 Å². The number of aryl methyl sites for hydroxylation is 1. The van der Waals surface area contributed by atoms with Crippen molar-refractivity contribution in [1.29, 1.82) is 0 Å². The molecule has 2 rings (SSSR count). The SMILES string of the molecule is Cc1ccc(N)c(C(=O)NC2CC2(C)C)c1. The molecule has 1 saturated carbocycles. The zero-order valence-electron chi connectivity index (χ0n) is 10.0. The lowest BCUT2D eigenvalue weighted by molar-refractivity contribution is 0.0947. The molecule has 0 aromatic heterocycles. The third kappa shape index (κ3) is 2.03. The lowest BCUT2D eigenvalue weighted by atomic mass is 10.1. The Balaban J connectivity index is 2.12. The third-order valence-corrected chi connectivity index (χ3v) is 3.27. The van der Waals surface area contributed by atoms with E-state index >= 15 is 0 Å². The topological polar surface area (TPSA) is 55.1 Å². The predicted octanol–water partition coefficient (Wildman–Crippen LogP) is 2.11. The molecule has 1 aromatic carbocycles. The summed E-state index contributed by atoms with van der Waals surface area (Å²) in [6.07, 6.45) is 1.05. The van der Waals surface area contributed by atoms with Crippen molar-refractivity contribution in [3.8, 4) is 0 Å². The lowest BCUT2D eigenvalue weighted by Crippen LogP contribution is -2.29. The van der Waals surface area contributed by atoms with Crippen molar-refractivity contribution in [3.63, 3.8) is 0 Å². The molecule has 3 N–H and O–H groups in total. The molecule has 3 heteroatoms. The van der Waals surface area contributed by atoms with E-state index in [0.717, 1.165) is 12.0 Å². The van der Waals surface area contributed by atoms with Gasteiger partial charge in [0.2, 0.25) is 0 Å². The van der Waals surface area contributed by atoms with E-state index < -0.39 is 0 Å². The highest BCUT2D eigenvalue weighted by molar-refractivity contribution is 5.99. The van der Waals surface area contributed by atoms with Gasteiger partial charge in [0, 0.05) is 11.7 Å². The van der Waals surface area contributed by atoms with E-state index in [2.05, 4.69) is 19.2 Å². The van der Waals surface area contributed by atoms with Crippen LogP contribution in [0.1, 0.15) is 36.2 Å². The fourth-order valence-corrected chi connectivity index (χ4v) is 1.82. The average molecular weight is 218 g/mol. The second-order valence-corrected chi connectivity index (χ2v) is 5.31. The van der Waals surface area contributed by atoms with Gasteiger partial charge in [-0.15, -0.1) is 0 Å². The first kappa shape index (κ1) is 11.0. The van der Waals surface area contributed by atoms with E-state index in [9.17, 15) is 4.79 Å². The number of nitrogen functional groups attached to an aromatic ring is 1. The molecule has 0 heterocycles. The molecule has 0 bridgehead atoms. The standard InChI is InChI=1S/C13H18N2O/c1-8-4-5-10(14)9(6-8)12(16)15-11-7-13(11,2)3/h4-6,11H,7,14H2,1-3H3,(H,15,16). The summed E-state index contributed by atoms with van der Waals surface area (Å²) in [6.45, 7) is 6.26. The minimum Gasteiger partial charge on any atom is -0.398 e. The van der Waals surface area contributed by atoms with Crippen LogP contribution in [0, 0.1) is 12.3 Å². The van der Waals surface area contributed by atoms with Crippen molar-refractivity contribution >= 4 is 11.6 Å². The van der Waals surface area contributed by atoms with Gasteiger partial charge in [0.05, 0.1) is 5.56 Å². The number of benzene rings is 1. The number of hydrogen-bond donors (Lipinski definition) is 2. The average Bonchev–Trinajstić information content (AvgIpc) is 2.77. The minimum absolute atomic E-state index is 0.0585. The summed E-state index contributed by atoms with van der Waals surface area (Å²) in [5.74, 6) is -0.0585. The first-order chi connectivity index (χ1) is 7.40. The van der Waals surface area contributed by atoms with Gasteiger partial charge in [-0.1, -0.05) is 25.5 Å². The predicted molar refractivity (Wildman–Crippen MR) is 65.2 cm³/mol. The van der Waals surface area contributed by atoms with Crippen LogP contribution >= 0.6 is 0 Å². The van der Waals surface area contributed by atoms with Gasteiger partial charge in [-0.25, -0.2) is 0 Å². The first-order valence-electron chi connectivity index (χ1n) is 5.57. The third-order valence-electron chi connectivity index (χ3n) is 3.27. The number of amides is 1. The van der Waals surface area contributed by atoms with Crippen molar-refractivity contribution in [2.75, 3.05) is 5.73 Å². The van der Waals surface area contributed by atoms with Crippen molar-refractivity contribution in [1.82, 2.24) is 5.32 Å². The Morgan fingerprint density at radius 2 is 2.12 bits per heavy atom. The molecule has 1 aliphatic rings. The quantitative estimate of drug-likeness (QED) is 0.747. The fourth-order valence-electron chi connectivity index (χ4n) is 1.82. The molecule has 1 amide bonds. The molecule has 1 unspecified atom stereocenters. The van der Waals surface area contributed by atoms with Crippen LogP contribution in [0.4, 0.5) is 5.69 Å². The van der Waals surface area contributed by atoms with Crippen molar-refractivity contribution in [2.45, 2.75) is 33.2 Å². The molecule has 0 aliphatic heterocycles. The summed E-state index contributed by atoms with van der Waals surface area (Å²) >= 11 is 0. The highest BCUT2D eigenvalue weighted by Gasteiger charge is 2.46. The normalized spacial score (nSPS) is 21.6. The molecule has 1 aromatic rings. The first-order valence-corrected chi connectivity index (χ1v) is 5.57. The molecule has 1 fully saturated rings. The molecular formula is C13H18N2O.